The van der Waals surface area contributed by atoms with Crippen LogP contribution in [-0.2, 0) is 31.8 Å². The minimum atomic E-state index is -4.46. The van der Waals surface area contributed by atoms with Crippen LogP contribution in [0, 0.1) is 5.92 Å². The number of nitrogens with one attached hydrogen (secondary N) is 3. The van der Waals surface area contributed by atoms with Gasteiger partial charge in [-0.2, -0.15) is 13.2 Å². The van der Waals surface area contributed by atoms with Crippen molar-refractivity contribution in [3.05, 3.63) is 59.7 Å². The molecule has 2 amide bonds. The summed E-state index contributed by atoms with van der Waals surface area (Å²) in [5.41, 5.74) is -0.669. The first-order valence-electron chi connectivity index (χ1n) is 11.0. The van der Waals surface area contributed by atoms with Gasteiger partial charge < -0.3 is 25.4 Å². The zero-order valence-electron chi connectivity index (χ0n) is 18.4. The van der Waals surface area contributed by atoms with Gasteiger partial charge in [-0.1, -0.05) is 24.3 Å². The first-order valence-corrected chi connectivity index (χ1v) is 11.0. The van der Waals surface area contributed by atoms with Crippen LogP contribution in [0.15, 0.2) is 48.5 Å². The summed E-state index contributed by atoms with van der Waals surface area (Å²) in [5.74, 6) is -0.820. The van der Waals surface area contributed by atoms with Gasteiger partial charge in [0.15, 0.2) is 0 Å². The van der Waals surface area contributed by atoms with Crippen LogP contribution in [0.2, 0.25) is 0 Å². The van der Waals surface area contributed by atoms with E-state index in [0.29, 0.717) is 38.3 Å². The second-order valence-corrected chi connectivity index (χ2v) is 8.48. The molecule has 2 heterocycles. The number of ether oxygens (including phenoxy) is 2. The van der Waals surface area contributed by atoms with Gasteiger partial charge in [-0.15, -0.1) is 0 Å². The third kappa shape index (κ3) is 5.51. The number of rotatable bonds is 7. The van der Waals surface area contributed by atoms with Gasteiger partial charge in [-0.25, -0.2) is 0 Å². The van der Waals surface area contributed by atoms with Gasteiger partial charge >= 0.3 is 6.18 Å². The van der Waals surface area contributed by atoms with E-state index >= 15 is 0 Å². The third-order valence-electron chi connectivity index (χ3n) is 6.04. The Labute approximate surface area is 199 Å². The fourth-order valence-corrected chi connectivity index (χ4v) is 4.03. The SMILES string of the molecule is O=C(N[C@@]1(C(=O)NCc2ccc(Nc3ccccc3C(F)(F)F)cc2)CCOC1)C1CCOC1.[HH].[HH].[HH]. The van der Waals surface area contributed by atoms with E-state index in [1.54, 1.807) is 24.3 Å². The maximum Gasteiger partial charge on any atom is 0.418 e. The molecule has 0 aliphatic carbocycles. The summed E-state index contributed by atoms with van der Waals surface area (Å²) in [5, 5.41) is 8.50. The van der Waals surface area contributed by atoms with Crippen LogP contribution >= 0.6 is 0 Å². The van der Waals surface area contributed by atoms with Crippen LogP contribution in [0.1, 0.15) is 28.2 Å². The molecule has 0 aromatic heterocycles. The molecule has 1 unspecified atom stereocenters. The van der Waals surface area contributed by atoms with Crippen molar-refractivity contribution >= 4 is 23.2 Å². The number of carbonyl (C=O) groups is 2. The minimum Gasteiger partial charge on any atom is -0.381 e. The second kappa shape index (κ2) is 10.0. The molecule has 7 nitrogen and oxygen atoms in total. The van der Waals surface area contributed by atoms with E-state index in [2.05, 4.69) is 16.0 Å². The van der Waals surface area contributed by atoms with Crippen molar-refractivity contribution in [1.82, 2.24) is 10.6 Å². The highest BCUT2D eigenvalue weighted by Crippen LogP contribution is 2.35. The van der Waals surface area contributed by atoms with Crippen LogP contribution in [0.5, 0.6) is 0 Å². The third-order valence-corrected chi connectivity index (χ3v) is 6.04. The first kappa shape index (κ1) is 24.0. The first-order chi connectivity index (χ1) is 16.3. The van der Waals surface area contributed by atoms with Gasteiger partial charge in [0.2, 0.25) is 11.8 Å². The minimum absolute atomic E-state index is 0. The fraction of sp³-hybridized carbons (Fsp3) is 0.417. The van der Waals surface area contributed by atoms with Crippen LogP contribution in [-0.4, -0.2) is 43.8 Å². The molecule has 2 aromatic carbocycles. The van der Waals surface area contributed by atoms with Crippen molar-refractivity contribution in [3.8, 4) is 0 Å². The zero-order valence-corrected chi connectivity index (χ0v) is 18.4. The van der Waals surface area contributed by atoms with Gasteiger partial charge in [-0.05, 0) is 36.2 Å². The average molecular weight is 484 g/mol. The highest BCUT2D eigenvalue weighted by molar-refractivity contribution is 5.92. The lowest BCUT2D eigenvalue weighted by Crippen LogP contribution is -2.60. The summed E-state index contributed by atoms with van der Waals surface area (Å²) in [4.78, 5) is 25.5. The molecular formula is C24H32F3N3O4. The molecule has 4 rings (SSSR count). The predicted octanol–water partition coefficient (Wildman–Crippen LogP) is 4.12. The smallest absolute Gasteiger partial charge is 0.381 e. The highest BCUT2D eigenvalue weighted by Gasteiger charge is 2.44. The number of alkyl halides is 3. The van der Waals surface area contributed by atoms with E-state index in [1.165, 1.54) is 18.2 Å². The lowest BCUT2D eigenvalue weighted by molar-refractivity contribution is -0.137. The van der Waals surface area contributed by atoms with Crippen LogP contribution in [0.4, 0.5) is 24.5 Å². The molecule has 0 spiro atoms. The molecule has 0 bridgehead atoms. The number of anilines is 2. The van der Waals surface area contributed by atoms with Crippen LogP contribution in [0.25, 0.3) is 0 Å². The number of halogens is 3. The molecule has 2 aliphatic rings. The van der Waals surface area contributed by atoms with Crippen molar-refractivity contribution in [2.75, 3.05) is 31.7 Å². The Morgan fingerprint density at radius 2 is 1.82 bits per heavy atom. The quantitative estimate of drug-likeness (QED) is 0.552. The molecule has 188 valence electrons. The second-order valence-electron chi connectivity index (χ2n) is 8.48. The highest BCUT2D eigenvalue weighted by atomic mass is 19.4. The standard InChI is InChI=1S/C24H26F3N3O4.3H2/c25-24(26,27)19-3-1-2-4-20(19)29-18-7-5-16(6-8-18)13-28-22(32)23(10-12-34-15-23)30-21(31)17-9-11-33-14-17;;;/h1-8,17,29H,9-15H2,(H,28,32)(H,30,31);3*1H/t17?,23-;;;/m0.../s1. The van der Waals surface area contributed by atoms with Crippen molar-refractivity contribution in [2.45, 2.75) is 31.1 Å². The normalized spacial score (nSPS) is 22.4. The number of carbonyl (C=O) groups excluding carboxylic acids is 2. The Balaban J connectivity index is 0.00000228. The number of hydrogen-bond donors (Lipinski definition) is 3. The van der Waals surface area contributed by atoms with E-state index in [9.17, 15) is 22.8 Å². The molecule has 2 fully saturated rings. The zero-order chi connectivity index (χ0) is 24.2. The molecule has 2 aliphatic heterocycles. The van der Waals surface area contributed by atoms with E-state index < -0.39 is 17.3 Å². The van der Waals surface area contributed by atoms with Crippen molar-refractivity contribution in [2.24, 2.45) is 5.92 Å². The molecular weight excluding hydrogens is 451 g/mol. The van der Waals surface area contributed by atoms with Gasteiger partial charge in [0.25, 0.3) is 0 Å². The average Bonchev–Trinajstić information content (AvgIpc) is 3.51. The summed E-state index contributed by atoms with van der Waals surface area (Å²) in [6.07, 6.45) is -3.47. The van der Waals surface area contributed by atoms with Crippen molar-refractivity contribution < 1.29 is 36.5 Å². The Kier molecular flexibility index (Phi) is 7.08. The number of hydrogen-bond acceptors (Lipinski definition) is 5. The predicted molar refractivity (Wildman–Crippen MR) is 125 cm³/mol. The van der Waals surface area contributed by atoms with Crippen molar-refractivity contribution in [3.63, 3.8) is 0 Å². The van der Waals surface area contributed by atoms with Gasteiger partial charge in [0, 0.05) is 36.1 Å². The molecule has 0 radical (unpaired) electrons. The fourth-order valence-electron chi connectivity index (χ4n) is 4.03. The molecule has 2 saturated heterocycles. The topological polar surface area (TPSA) is 88.7 Å². The molecule has 3 N–H and O–H groups in total. The van der Waals surface area contributed by atoms with Crippen molar-refractivity contribution in [1.29, 1.82) is 0 Å². The lowest BCUT2D eigenvalue weighted by Gasteiger charge is -2.28. The van der Waals surface area contributed by atoms with E-state index in [4.69, 9.17) is 9.47 Å². The molecule has 2 aromatic rings. The van der Waals surface area contributed by atoms with E-state index in [1.807, 2.05) is 0 Å². The Hall–Kier alpha value is -3.11. The van der Waals surface area contributed by atoms with Crippen LogP contribution < -0.4 is 16.0 Å². The van der Waals surface area contributed by atoms with E-state index in [-0.39, 0.29) is 40.9 Å². The van der Waals surface area contributed by atoms with Gasteiger partial charge in [0.1, 0.15) is 5.54 Å². The summed E-state index contributed by atoms with van der Waals surface area (Å²) in [6.45, 7) is 1.54. The largest absolute Gasteiger partial charge is 0.418 e. The molecule has 10 heteroatoms. The summed E-state index contributed by atoms with van der Waals surface area (Å²) < 4.78 is 50.3. The molecule has 2 atom stereocenters. The monoisotopic (exact) mass is 483 g/mol. The van der Waals surface area contributed by atoms with Gasteiger partial charge in [-0.3, -0.25) is 9.59 Å². The number of para-hydroxylation sites is 1. The summed E-state index contributed by atoms with van der Waals surface area (Å²) >= 11 is 0. The lowest BCUT2D eigenvalue weighted by atomic mass is 9.95. The maximum atomic E-state index is 13.2. The van der Waals surface area contributed by atoms with Gasteiger partial charge in [0.05, 0.1) is 30.4 Å². The summed E-state index contributed by atoms with van der Waals surface area (Å²) in [6, 6.07) is 12.0. The van der Waals surface area contributed by atoms with Crippen LogP contribution in [0.3, 0.4) is 0 Å². The molecule has 0 saturated carbocycles. The number of benzene rings is 2. The Morgan fingerprint density at radius 3 is 2.47 bits per heavy atom. The number of amides is 2. The Morgan fingerprint density at radius 1 is 1.06 bits per heavy atom. The Bertz CT molecular complexity index is 1030. The summed E-state index contributed by atoms with van der Waals surface area (Å²) in [7, 11) is 0. The molecule has 34 heavy (non-hydrogen) atoms. The van der Waals surface area contributed by atoms with E-state index in [0.717, 1.165) is 11.6 Å². The maximum absolute atomic E-state index is 13.2.